The van der Waals surface area contributed by atoms with Crippen molar-refractivity contribution in [3.63, 3.8) is 0 Å². The first-order valence-electron chi connectivity index (χ1n) is 8.77. The molecule has 3 atom stereocenters. The number of carbonyl (C=O) groups is 1. The van der Waals surface area contributed by atoms with E-state index < -0.39 is 5.60 Å². The maximum Gasteiger partial charge on any atom is 0.410 e. The predicted molar refractivity (Wildman–Crippen MR) is 92.1 cm³/mol. The van der Waals surface area contributed by atoms with Gasteiger partial charge in [-0.2, -0.15) is 0 Å². The minimum absolute atomic E-state index is 0.136. The Morgan fingerprint density at radius 1 is 1.36 bits per heavy atom. The summed E-state index contributed by atoms with van der Waals surface area (Å²) >= 11 is 0. The van der Waals surface area contributed by atoms with Crippen LogP contribution in [0.1, 0.15) is 67.7 Å². The normalized spacial score (nSPS) is 25.7. The molecule has 1 saturated heterocycles. The summed E-state index contributed by atoms with van der Waals surface area (Å²) in [5, 5.41) is 3.67. The molecule has 0 bridgehead atoms. The lowest BCUT2D eigenvalue weighted by Crippen LogP contribution is -2.51. The van der Waals surface area contributed by atoms with E-state index in [1.54, 1.807) is 0 Å². The number of nitrogens with one attached hydrogen (secondary N) is 1. The van der Waals surface area contributed by atoms with Crippen LogP contribution in [0, 0.1) is 11.3 Å². The van der Waals surface area contributed by atoms with Gasteiger partial charge in [0, 0.05) is 25.7 Å². The summed E-state index contributed by atoms with van der Waals surface area (Å²) in [4.78, 5) is 14.2. The minimum atomic E-state index is -0.422. The number of likely N-dealkylation sites (tertiary alicyclic amines) is 1. The summed E-state index contributed by atoms with van der Waals surface area (Å²) in [5.41, 5.74) is -0.287. The van der Waals surface area contributed by atoms with E-state index in [4.69, 9.17) is 4.74 Å². The second-order valence-corrected chi connectivity index (χ2v) is 8.37. The molecule has 3 unspecified atom stereocenters. The molecule has 0 spiro atoms. The molecule has 1 aliphatic heterocycles. The molecule has 1 heterocycles. The van der Waals surface area contributed by atoms with Gasteiger partial charge in [0.1, 0.15) is 5.60 Å². The van der Waals surface area contributed by atoms with E-state index in [2.05, 4.69) is 33.0 Å². The first kappa shape index (κ1) is 19.3. The molecule has 0 radical (unpaired) electrons. The van der Waals surface area contributed by atoms with Crippen LogP contribution in [0.5, 0.6) is 0 Å². The van der Waals surface area contributed by atoms with Crippen LogP contribution in [-0.2, 0) is 4.74 Å². The Bertz CT molecular complexity index is 365. The Labute approximate surface area is 137 Å². The third-order valence-corrected chi connectivity index (χ3v) is 4.78. The number of hydrogen-bond acceptors (Lipinski definition) is 3. The Balaban J connectivity index is 2.55. The van der Waals surface area contributed by atoms with E-state index in [9.17, 15) is 4.79 Å². The Kier molecular flexibility index (Phi) is 6.72. The van der Waals surface area contributed by atoms with Gasteiger partial charge in [-0.05, 0) is 51.9 Å². The van der Waals surface area contributed by atoms with Crippen molar-refractivity contribution in [1.82, 2.24) is 10.2 Å². The molecule has 1 amide bonds. The molecule has 0 aliphatic carbocycles. The van der Waals surface area contributed by atoms with Crippen LogP contribution in [0.25, 0.3) is 0 Å². The average molecular weight is 312 g/mol. The SMILES string of the molecule is CCC(C)C(C)NCC1(C)CCCN(C(=O)OC(C)(C)C)C1. The fourth-order valence-electron chi connectivity index (χ4n) is 2.90. The van der Waals surface area contributed by atoms with Crippen molar-refractivity contribution in [1.29, 1.82) is 0 Å². The highest BCUT2D eigenvalue weighted by molar-refractivity contribution is 5.68. The monoisotopic (exact) mass is 312 g/mol. The average Bonchev–Trinajstić information content (AvgIpc) is 2.42. The van der Waals surface area contributed by atoms with Gasteiger partial charge in [-0.3, -0.25) is 0 Å². The number of carbonyl (C=O) groups excluding carboxylic acids is 1. The van der Waals surface area contributed by atoms with Crippen LogP contribution in [0.15, 0.2) is 0 Å². The number of piperidine rings is 1. The second kappa shape index (κ2) is 7.67. The first-order chi connectivity index (χ1) is 10.1. The van der Waals surface area contributed by atoms with Crippen molar-refractivity contribution < 1.29 is 9.53 Å². The molecule has 4 nitrogen and oxygen atoms in total. The molecule has 0 saturated carbocycles. The van der Waals surface area contributed by atoms with E-state index in [0.29, 0.717) is 12.0 Å². The van der Waals surface area contributed by atoms with Crippen molar-refractivity contribution in [2.24, 2.45) is 11.3 Å². The Hall–Kier alpha value is -0.770. The van der Waals surface area contributed by atoms with E-state index >= 15 is 0 Å². The van der Waals surface area contributed by atoms with E-state index in [-0.39, 0.29) is 11.5 Å². The summed E-state index contributed by atoms with van der Waals surface area (Å²) in [6.07, 6.45) is 3.23. The van der Waals surface area contributed by atoms with Crippen LogP contribution < -0.4 is 5.32 Å². The highest BCUT2D eigenvalue weighted by Crippen LogP contribution is 2.30. The van der Waals surface area contributed by atoms with Gasteiger partial charge in [0.15, 0.2) is 0 Å². The quantitative estimate of drug-likeness (QED) is 0.832. The molecule has 1 aliphatic rings. The topological polar surface area (TPSA) is 41.6 Å². The number of nitrogens with zero attached hydrogens (tertiary/aromatic N) is 1. The Morgan fingerprint density at radius 2 is 2.00 bits per heavy atom. The molecular weight excluding hydrogens is 276 g/mol. The van der Waals surface area contributed by atoms with E-state index in [1.165, 1.54) is 6.42 Å². The molecule has 1 rings (SSSR count). The highest BCUT2D eigenvalue weighted by Gasteiger charge is 2.35. The van der Waals surface area contributed by atoms with Crippen molar-refractivity contribution >= 4 is 6.09 Å². The summed E-state index contributed by atoms with van der Waals surface area (Å²) in [5.74, 6) is 0.675. The first-order valence-corrected chi connectivity index (χ1v) is 8.77. The third-order valence-electron chi connectivity index (χ3n) is 4.78. The van der Waals surface area contributed by atoms with E-state index in [1.807, 2.05) is 25.7 Å². The zero-order valence-electron chi connectivity index (χ0n) is 15.7. The van der Waals surface area contributed by atoms with Gasteiger partial charge in [-0.15, -0.1) is 0 Å². The molecule has 1 N–H and O–H groups in total. The van der Waals surface area contributed by atoms with Gasteiger partial charge in [0.05, 0.1) is 0 Å². The molecule has 0 aromatic rings. The van der Waals surface area contributed by atoms with Crippen molar-refractivity contribution in [3.8, 4) is 0 Å². The lowest BCUT2D eigenvalue weighted by Gasteiger charge is -2.41. The molecule has 0 aromatic heterocycles. The van der Waals surface area contributed by atoms with Gasteiger partial charge in [0.2, 0.25) is 0 Å². The van der Waals surface area contributed by atoms with Crippen molar-refractivity contribution in [2.75, 3.05) is 19.6 Å². The molecular formula is C18H36N2O2. The predicted octanol–water partition coefficient (Wildman–Crippen LogP) is 4.05. The molecule has 1 fully saturated rings. The molecule has 0 aromatic carbocycles. The number of ether oxygens (including phenoxy) is 1. The number of rotatable bonds is 5. The van der Waals surface area contributed by atoms with Gasteiger partial charge in [-0.1, -0.05) is 27.2 Å². The minimum Gasteiger partial charge on any atom is -0.444 e. The van der Waals surface area contributed by atoms with Gasteiger partial charge in [-0.25, -0.2) is 4.79 Å². The zero-order chi connectivity index (χ0) is 17.0. The molecule has 22 heavy (non-hydrogen) atoms. The van der Waals surface area contributed by atoms with Crippen molar-refractivity contribution in [2.45, 2.75) is 79.4 Å². The number of hydrogen-bond donors (Lipinski definition) is 1. The standard InChI is InChI=1S/C18H36N2O2/c1-8-14(2)15(3)19-12-18(7)10-9-11-20(13-18)16(21)22-17(4,5)6/h14-15,19H,8-13H2,1-7H3. The van der Waals surface area contributed by atoms with Gasteiger partial charge < -0.3 is 15.0 Å². The lowest BCUT2D eigenvalue weighted by atomic mass is 9.81. The number of amides is 1. The van der Waals surface area contributed by atoms with Crippen LogP contribution in [-0.4, -0.2) is 42.3 Å². The van der Waals surface area contributed by atoms with E-state index in [0.717, 1.165) is 32.5 Å². The van der Waals surface area contributed by atoms with Crippen LogP contribution in [0.4, 0.5) is 4.79 Å². The van der Waals surface area contributed by atoms with Crippen LogP contribution in [0.2, 0.25) is 0 Å². The highest BCUT2D eigenvalue weighted by atomic mass is 16.6. The van der Waals surface area contributed by atoms with Crippen LogP contribution >= 0.6 is 0 Å². The van der Waals surface area contributed by atoms with Gasteiger partial charge in [0.25, 0.3) is 0 Å². The fraction of sp³-hybridized carbons (Fsp3) is 0.944. The molecule has 130 valence electrons. The summed E-state index contributed by atoms with van der Waals surface area (Å²) in [7, 11) is 0. The zero-order valence-corrected chi connectivity index (χ0v) is 15.7. The third kappa shape index (κ3) is 6.15. The Morgan fingerprint density at radius 3 is 2.55 bits per heavy atom. The largest absolute Gasteiger partial charge is 0.444 e. The maximum atomic E-state index is 12.3. The summed E-state index contributed by atoms with van der Waals surface area (Å²) in [6, 6.07) is 0.513. The summed E-state index contributed by atoms with van der Waals surface area (Å²) < 4.78 is 5.52. The lowest BCUT2D eigenvalue weighted by molar-refractivity contribution is 0.00633. The second-order valence-electron chi connectivity index (χ2n) is 8.37. The molecule has 4 heteroatoms. The fourth-order valence-corrected chi connectivity index (χ4v) is 2.90. The van der Waals surface area contributed by atoms with Crippen molar-refractivity contribution in [3.05, 3.63) is 0 Å². The smallest absolute Gasteiger partial charge is 0.410 e. The maximum absolute atomic E-state index is 12.3. The van der Waals surface area contributed by atoms with Crippen LogP contribution in [0.3, 0.4) is 0 Å². The summed E-state index contributed by atoms with van der Waals surface area (Å²) in [6.45, 7) is 17.4. The van der Waals surface area contributed by atoms with Gasteiger partial charge >= 0.3 is 6.09 Å².